The Hall–Kier alpha value is -1.77. The lowest BCUT2D eigenvalue weighted by atomic mass is 9.46. The molecule has 0 heterocycles. The summed E-state index contributed by atoms with van der Waals surface area (Å²) in [5, 5.41) is 4.02. The van der Waals surface area contributed by atoms with Gasteiger partial charge >= 0.3 is 5.97 Å². The van der Waals surface area contributed by atoms with E-state index in [0.29, 0.717) is 23.3 Å². The highest BCUT2D eigenvalue weighted by Gasteiger charge is 2.61. The Balaban J connectivity index is 1.44. The molecule has 1 aromatic rings. The number of esters is 1. The van der Waals surface area contributed by atoms with Gasteiger partial charge in [-0.25, -0.2) is 0 Å². The van der Waals surface area contributed by atoms with Crippen LogP contribution in [0.3, 0.4) is 0 Å². The van der Waals surface area contributed by atoms with Crippen molar-refractivity contribution in [3.63, 3.8) is 0 Å². The predicted octanol–water partition coefficient (Wildman–Crippen LogP) is 9.05. The highest BCUT2D eigenvalue weighted by molar-refractivity contribution is 5.66. The van der Waals surface area contributed by atoms with Crippen LogP contribution in [0.4, 0.5) is 5.69 Å². The van der Waals surface area contributed by atoms with Crippen molar-refractivity contribution in [2.24, 2.45) is 46.3 Å². The van der Waals surface area contributed by atoms with Gasteiger partial charge in [0.25, 0.3) is 0 Å². The second kappa shape index (κ2) is 11.0. The van der Waals surface area contributed by atoms with Crippen LogP contribution in [0.1, 0.15) is 106 Å². The quantitative estimate of drug-likeness (QED) is 0.275. The van der Waals surface area contributed by atoms with E-state index in [1.165, 1.54) is 50.6 Å². The highest BCUT2D eigenvalue weighted by atomic mass is 16.5. The first-order chi connectivity index (χ1) is 18.1. The third kappa shape index (κ3) is 5.20. The molecule has 3 fully saturated rings. The highest BCUT2D eigenvalue weighted by Crippen LogP contribution is 2.67. The summed E-state index contributed by atoms with van der Waals surface area (Å²) >= 11 is 0. The first kappa shape index (κ1) is 27.8. The van der Waals surface area contributed by atoms with Crippen LogP contribution < -0.4 is 5.32 Å². The summed E-state index contributed by atoms with van der Waals surface area (Å²) in [7, 11) is 0. The summed E-state index contributed by atoms with van der Waals surface area (Å²) < 4.78 is 5.75. The smallest absolute Gasteiger partial charge is 0.302 e. The number of hydrogen-bond donors (Lipinski definition) is 1. The molecule has 3 heteroatoms. The van der Waals surface area contributed by atoms with E-state index in [0.717, 1.165) is 42.9 Å². The molecule has 3 nitrogen and oxygen atoms in total. The zero-order valence-corrected chi connectivity index (χ0v) is 25.0. The van der Waals surface area contributed by atoms with E-state index in [1.807, 2.05) is 0 Å². The molecule has 0 bridgehead atoms. The number of benzene rings is 1. The van der Waals surface area contributed by atoms with Crippen molar-refractivity contribution < 1.29 is 9.53 Å². The van der Waals surface area contributed by atoms with Crippen LogP contribution in [0.2, 0.25) is 0 Å². The van der Waals surface area contributed by atoms with Gasteiger partial charge in [-0.2, -0.15) is 0 Å². The molecule has 1 N–H and O–H groups in total. The third-order valence-electron chi connectivity index (χ3n) is 11.8. The summed E-state index contributed by atoms with van der Waals surface area (Å²) in [5.74, 6) is 4.51. The molecule has 9 unspecified atom stereocenters. The lowest BCUT2D eigenvalue weighted by Crippen LogP contribution is -2.56. The Morgan fingerprint density at radius 3 is 2.47 bits per heavy atom. The van der Waals surface area contributed by atoms with Crippen LogP contribution in [-0.4, -0.2) is 18.1 Å². The van der Waals surface area contributed by atoms with Gasteiger partial charge < -0.3 is 10.1 Å². The number of nitrogens with one attached hydrogen (secondary N) is 1. The van der Waals surface area contributed by atoms with E-state index in [-0.39, 0.29) is 17.5 Å². The SMILES string of the molecule is CC(=O)OC1CCC2(C)C(=CC(Nc3ccccc3)C3C2CCC2(C)C(C(C)CCCC(C)C)CCC32)C1. The maximum atomic E-state index is 11.8. The van der Waals surface area contributed by atoms with Crippen molar-refractivity contribution in [3.8, 4) is 0 Å². The molecular formula is C35H53NO2. The van der Waals surface area contributed by atoms with Crippen LogP contribution in [0.5, 0.6) is 0 Å². The molecule has 4 aliphatic carbocycles. The van der Waals surface area contributed by atoms with Gasteiger partial charge in [-0.05, 0) is 97.0 Å². The van der Waals surface area contributed by atoms with E-state index >= 15 is 0 Å². The van der Waals surface area contributed by atoms with Crippen LogP contribution in [0, 0.1) is 46.3 Å². The number of fused-ring (bicyclic) bond motifs is 5. The molecule has 3 saturated carbocycles. The Morgan fingerprint density at radius 1 is 1.00 bits per heavy atom. The Labute approximate surface area is 232 Å². The normalized spacial score (nSPS) is 39.0. The van der Waals surface area contributed by atoms with Crippen LogP contribution >= 0.6 is 0 Å². The second-order valence-corrected chi connectivity index (χ2v) is 14.4. The van der Waals surface area contributed by atoms with E-state index in [4.69, 9.17) is 4.74 Å². The predicted molar refractivity (Wildman–Crippen MR) is 158 cm³/mol. The molecule has 4 aliphatic rings. The third-order valence-corrected chi connectivity index (χ3v) is 11.8. The van der Waals surface area contributed by atoms with Crippen molar-refractivity contribution in [1.82, 2.24) is 0 Å². The van der Waals surface area contributed by atoms with Crippen molar-refractivity contribution in [2.45, 2.75) is 118 Å². The topological polar surface area (TPSA) is 38.3 Å². The van der Waals surface area contributed by atoms with Gasteiger partial charge in [0, 0.05) is 25.1 Å². The summed E-state index contributed by atoms with van der Waals surface area (Å²) in [6.07, 6.45) is 15.4. The number of rotatable bonds is 8. The van der Waals surface area contributed by atoms with Crippen molar-refractivity contribution >= 4 is 11.7 Å². The summed E-state index contributed by atoms with van der Waals surface area (Å²) in [5.41, 5.74) is 3.46. The molecule has 0 aliphatic heterocycles. The average molecular weight is 520 g/mol. The molecule has 0 saturated heterocycles. The zero-order chi connectivity index (χ0) is 27.1. The number of anilines is 1. The maximum absolute atomic E-state index is 11.8. The molecular weight excluding hydrogens is 466 g/mol. The number of hydrogen-bond acceptors (Lipinski definition) is 3. The van der Waals surface area contributed by atoms with Gasteiger partial charge in [0.05, 0.1) is 0 Å². The largest absolute Gasteiger partial charge is 0.462 e. The number of ether oxygens (including phenoxy) is 1. The second-order valence-electron chi connectivity index (χ2n) is 14.4. The van der Waals surface area contributed by atoms with Gasteiger partial charge in [-0.15, -0.1) is 0 Å². The summed E-state index contributed by atoms with van der Waals surface area (Å²) in [4.78, 5) is 11.8. The fraction of sp³-hybridized carbons (Fsp3) is 0.743. The fourth-order valence-electron chi connectivity index (χ4n) is 9.88. The van der Waals surface area contributed by atoms with Gasteiger partial charge in [0.1, 0.15) is 6.10 Å². The minimum atomic E-state index is -0.139. The summed E-state index contributed by atoms with van der Waals surface area (Å²) in [6, 6.07) is 11.2. The van der Waals surface area contributed by atoms with Crippen LogP contribution in [0.25, 0.3) is 0 Å². The molecule has 0 radical (unpaired) electrons. The van der Waals surface area contributed by atoms with E-state index in [1.54, 1.807) is 12.5 Å². The van der Waals surface area contributed by atoms with E-state index in [2.05, 4.69) is 76.3 Å². The van der Waals surface area contributed by atoms with Crippen LogP contribution in [0.15, 0.2) is 42.0 Å². The lowest BCUT2D eigenvalue weighted by molar-refractivity contribution is -0.148. The Kier molecular flexibility index (Phi) is 8.05. The molecule has 210 valence electrons. The first-order valence-corrected chi connectivity index (χ1v) is 15.8. The minimum absolute atomic E-state index is 0.0390. The molecule has 5 rings (SSSR count). The molecule has 1 aromatic carbocycles. The molecule has 38 heavy (non-hydrogen) atoms. The lowest BCUT2D eigenvalue weighted by Gasteiger charge is -2.60. The molecule has 0 spiro atoms. The molecule has 0 aromatic heterocycles. The fourth-order valence-corrected chi connectivity index (χ4v) is 9.88. The van der Waals surface area contributed by atoms with Crippen molar-refractivity contribution in [1.29, 1.82) is 0 Å². The maximum Gasteiger partial charge on any atom is 0.302 e. The van der Waals surface area contributed by atoms with E-state index in [9.17, 15) is 4.79 Å². The monoisotopic (exact) mass is 519 g/mol. The number of carbonyl (C=O) groups is 1. The number of carbonyl (C=O) groups excluding carboxylic acids is 1. The molecule has 0 amide bonds. The van der Waals surface area contributed by atoms with Crippen LogP contribution in [-0.2, 0) is 9.53 Å². The average Bonchev–Trinajstić information content (AvgIpc) is 3.22. The van der Waals surface area contributed by atoms with Crippen molar-refractivity contribution in [3.05, 3.63) is 42.0 Å². The van der Waals surface area contributed by atoms with Gasteiger partial charge in [-0.3, -0.25) is 4.79 Å². The summed E-state index contributed by atoms with van der Waals surface area (Å²) in [6.45, 7) is 14.1. The van der Waals surface area contributed by atoms with Gasteiger partial charge in [0.15, 0.2) is 0 Å². The number of para-hydroxylation sites is 1. The standard InChI is InChI=1S/C35H53NO2/c1-23(2)11-10-12-24(3)29-15-16-30-33-31(18-20-35(29,30)6)34(5)19-17-28(38-25(4)37)21-26(34)22-32(33)36-27-13-8-7-9-14-27/h7-9,13-14,22-24,28-33,36H,10-12,15-21H2,1-6H3. The minimum Gasteiger partial charge on any atom is -0.462 e. The van der Waals surface area contributed by atoms with Gasteiger partial charge in [-0.1, -0.05) is 83.7 Å². The Bertz CT molecular complexity index is 1000. The van der Waals surface area contributed by atoms with Crippen molar-refractivity contribution in [2.75, 3.05) is 5.32 Å². The van der Waals surface area contributed by atoms with Gasteiger partial charge in [0.2, 0.25) is 0 Å². The molecule has 9 atom stereocenters. The Morgan fingerprint density at radius 2 is 1.76 bits per heavy atom. The zero-order valence-electron chi connectivity index (χ0n) is 25.0. The first-order valence-electron chi connectivity index (χ1n) is 15.8. The van der Waals surface area contributed by atoms with E-state index < -0.39 is 0 Å².